The van der Waals surface area contributed by atoms with Crippen molar-refractivity contribution in [1.82, 2.24) is 9.88 Å². The summed E-state index contributed by atoms with van der Waals surface area (Å²) in [6, 6.07) is 27.2. The van der Waals surface area contributed by atoms with Crippen molar-refractivity contribution < 1.29 is 13.9 Å². The largest absolute Gasteiger partial charge is 0.497 e. The van der Waals surface area contributed by atoms with Crippen molar-refractivity contribution in [3.8, 4) is 33.9 Å². The predicted octanol–water partition coefficient (Wildman–Crippen LogP) is 6.86. The van der Waals surface area contributed by atoms with Crippen LogP contribution in [0.4, 0.5) is 4.39 Å². The highest BCUT2D eigenvalue weighted by Crippen LogP contribution is 2.34. The molecule has 0 N–H and O–H groups in total. The zero-order valence-corrected chi connectivity index (χ0v) is 20.6. The van der Waals surface area contributed by atoms with Crippen LogP contribution < -0.4 is 9.47 Å². The lowest BCUT2D eigenvalue weighted by Gasteiger charge is -2.26. The van der Waals surface area contributed by atoms with Crippen LogP contribution >= 0.6 is 0 Å². The summed E-state index contributed by atoms with van der Waals surface area (Å²) in [6.07, 6.45) is 3.18. The van der Waals surface area contributed by atoms with Gasteiger partial charge in [0.25, 0.3) is 0 Å². The second kappa shape index (κ2) is 10.8. The normalized spacial score (nSPS) is 13.8. The molecular weight excluding hydrogens is 451 g/mol. The Hall–Kier alpha value is -3.96. The molecule has 0 radical (unpaired) electrons. The van der Waals surface area contributed by atoms with Crippen LogP contribution in [0.1, 0.15) is 17.7 Å². The molecule has 1 aliphatic heterocycles. The lowest BCUT2D eigenvalue weighted by molar-refractivity contribution is 0.293. The van der Waals surface area contributed by atoms with Gasteiger partial charge in [-0.15, -0.1) is 0 Å². The molecule has 0 aliphatic carbocycles. The number of hydrogen-bond acceptors (Lipinski definition) is 4. The third-order valence-corrected chi connectivity index (χ3v) is 6.60. The molecule has 0 fully saturated rings. The first-order chi connectivity index (χ1) is 17.6. The average molecular weight is 481 g/mol. The molecule has 3 aromatic carbocycles. The maximum atomic E-state index is 13.2. The molecule has 0 amide bonds. The molecule has 0 atom stereocenters. The molecule has 0 unspecified atom stereocenters. The first kappa shape index (κ1) is 23.8. The van der Waals surface area contributed by atoms with Crippen LogP contribution in [0, 0.1) is 5.82 Å². The van der Waals surface area contributed by atoms with Crippen molar-refractivity contribution in [3.63, 3.8) is 0 Å². The minimum absolute atomic E-state index is 0.198. The smallest absolute Gasteiger partial charge is 0.123 e. The lowest BCUT2D eigenvalue weighted by Crippen LogP contribution is -2.28. The van der Waals surface area contributed by atoms with E-state index in [0.29, 0.717) is 0 Å². The summed E-state index contributed by atoms with van der Waals surface area (Å²) < 4.78 is 23.9. The number of methoxy groups -OCH3 is 2. The molecule has 5 heteroatoms. The summed E-state index contributed by atoms with van der Waals surface area (Å²) in [4.78, 5) is 7.53. The van der Waals surface area contributed by atoms with Crippen LogP contribution in [0.5, 0.6) is 11.5 Å². The van der Waals surface area contributed by atoms with E-state index >= 15 is 0 Å². The third-order valence-electron chi connectivity index (χ3n) is 6.60. The van der Waals surface area contributed by atoms with Crippen LogP contribution in [0.2, 0.25) is 0 Å². The van der Waals surface area contributed by atoms with Gasteiger partial charge in [0.1, 0.15) is 17.3 Å². The van der Waals surface area contributed by atoms with Gasteiger partial charge in [-0.05, 0) is 77.7 Å². The second-order valence-corrected chi connectivity index (χ2v) is 8.89. The fourth-order valence-corrected chi connectivity index (χ4v) is 4.55. The highest BCUT2D eigenvalue weighted by atomic mass is 19.1. The summed E-state index contributed by atoms with van der Waals surface area (Å²) in [7, 11) is 3.35. The molecule has 1 aliphatic rings. The van der Waals surface area contributed by atoms with E-state index in [9.17, 15) is 4.39 Å². The first-order valence-corrected chi connectivity index (χ1v) is 12.1. The van der Waals surface area contributed by atoms with E-state index in [1.807, 2.05) is 36.4 Å². The van der Waals surface area contributed by atoms with Crippen molar-refractivity contribution in [2.75, 3.05) is 27.3 Å². The fourth-order valence-electron chi connectivity index (χ4n) is 4.55. The highest BCUT2D eigenvalue weighted by molar-refractivity contribution is 5.83. The summed E-state index contributed by atoms with van der Waals surface area (Å²) in [5.74, 6) is 1.44. The van der Waals surface area contributed by atoms with Gasteiger partial charge in [-0.3, -0.25) is 4.90 Å². The standard InChI is InChI=1S/C31H29FN2O2/c1-35-27-11-5-23(6-12-27)29-15-16-30(33-31(29)25-7-13-28(36-2)14-8-25)24-17-19-34(20-18-24)21-22-3-9-26(32)10-4-22/h3-17H,18-21H2,1-2H3. The van der Waals surface area contributed by atoms with Gasteiger partial charge < -0.3 is 9.47 Å². The van der Waals surface area contributed by atoms with Gasteiger partial charge in [-0.1, -0.05) is 36.4 Å². The van der Waals surface area contributed by atoms with E-state index < -0.39 is 0 Å². The molecule has 0 saturated carbocycles. The van der Waals surface area contributed by atoms with Crippen molar-refractivity contribution >= 4 is 5.57 Å². The number of hydrogen-bond donors (Lipinski definition) is 0. The van der Waals surface area contributed by atoms with E-state index in [2.05, 4.69) is 47.4 Å². The van der Waals surface area contributed by atoms with Crippen LogP contribution in [-0.4, -0.2) is 37.2 Å². The Morgan fingerprint density at radius 2 is 1.42 bits per heavy atom. The molecule has 0 saturated heterocycles. The number of halogens is 1. The van der Waals surface area contributed by atoms with E-state index in [1.165, 1.54) is 17.7 Å². The van der Waals surface area contributed by atoms with Gasteiger partial charge in [0.05, 0.1) is 25.6 Å². The molecule has 0 spiro atoms. The molecule has 36 heavy (non-hydrogen) atoms. The zero-order chi connectivity index (χ0) is 24.9. The van der Waals surface area contributed by atoms with Gasteiger partial charge in [0.2, 0.25) is 0 Å². The zero-order valence-electron chi connectivity index (χ0n) is 20.6. The molecule has 182 valence electrons. The van der Waals surface area contributed by atoms with E-state index in [0.717, 1.165) is 71.2 Å². The molecule has 4 nitrogen and oxygen atoms in total. The Kier molecular flexibility index (Phi) is 7.10. The van der Waals surface area contributed by atoms with Crippen molar-refractivity contribution in [2.45, 2.75) is 13.0 Å². The molecule has 2 heterocycles. The minimum Gasteiger partial charge on any atom is -0.497 e. The maximum absolute atomic E-state index is 13.2. The van der Waals surface area contributed by atoms with E-state index in [-0.39, 0.29) is 5.82 Å². The Balaban J connectivity index is 1.44. The SMILES string of the molecule is COc1ccc(-c2ccc(C3=CCN(Cc4ccc(F)cc4)CC3)nc2-c2ccc(OC)cc2)cc1. The van der Waals surface area contributed by atoms with Gasteiger partial charge >= 0.3 is 0 Å². The van der Waals surface area contributed by atoms with Gasteiger partial charge in [0.15, 0.2) is 0 Å². The maximum Gasteiger partial charge on any atom is 0.123 e. The van der Waals surface area contributed by atoms with Crippen molar-refractivity contribution in [1.29, 1.82) is 0 Å². The minimum atomic E-state index is -0.198. The second-order valence-electron chi connectivity index (χ2n) is 8.89. The Morgan fingerprint density at radius 1 is 0.778 bits per heavy atom. The lowest BCUT2D eigenvalue weighted by atomic mass is 9.96. The van der Waals surface area contributed by atoms with Gasteiger partial charge in [-0.25, -0.2) is 9.37 Å². The highest BCUT2D eigenvalue weighted by Gasteiger charge is 2.17. The van der Waals surface area contributed by atoms with Gasteiger partial charge in [-0.2, -0.15) is 0 Å². The van der Waals surface area contributed by atoms with Crippen LogP contribution in [0.3, 0.4) is 0 Å². The summed E-state index contributed by atoms with van der Waals surface area (Å²) in [5.41, 5.74) is 7.51. The third kappa shape index (κ3) is 5.31. The van der Waals surface area contributed by atoms with Crippen molar-refractivity contribution in [3.05, 3.63) is 108 Å². The van der Waals surface area contributed by atoms with E-state index in [1.54, 1.807) is 14.2 Å². The molecule has 5 rings (SSSR count). The number of aromatic nitrogens is 1. The number of ether oxygens (including phenoxy) is 2. The molecule has 0 bridgehead atoms. The summed E-state index contributed by atoms with van der Waals surface area (Å²) in [6.45, 7) is 2.58. The van der Waals surface area contributed by atoms with Crippen LogP contribution in [-0.2, 0) is 6.54 Å². The van der Waals surface area contributed by atoms with Crippen LogP contribution in [0.25, 0.3) is 28.0 Å². The number of pyridine rings is 1. The number of rotatable bonds is 7. The summed E-state index contributed by atoms with van der Waals surface area (Å²) in [5, 5.41) is 0. The Bertz CT molecular complexity index is 1350. The first-order valence-electron chi connectivity index (χ1n) is 12.1. The molecule has 1 aromatic heterocycles. The monoisotopic (exact) mass is 480 g/mol. The number of nitrogens with zero attached hydrogens (tertiary/aromatic N) is 2. The van der Waals surface area contributed by atoms with Crippen LogP contribution in [0.15, 0.2) is 91.0 Å². The topological polar surface area (TPSA) is 34.6 Å². The Morgan fingerprint density at radius 3 is 2.00 bits per heavy atom. The summed E-state index contributed by atoms with van der Waals surface area (Å²) >= 11 is 0. The Labute approximate surface area is 211 Å². The van der Waals surface area contributed by atoms with Gasteiger partial charge in [0, 0.05) is 30.8 Å². The molecule has 4 aromatic rings. The average Bonchev–Trinajstić information content (AvgIpc) is 2.94. The van der Waals surface area contributed by atoms with Crippen molar-refractivity contribution in [2.24, 2.45) is 0 Å². The quantitative estimate of drug-likeness (QED) is 0.289. The number of benzene rings is 3. The predicted molar refractivity (Wildman–Crippen MR) is 142 cm³/mol. The molecular formula is C31H29FN2O2. The van der Waals surface area contributed by atoms with E-state index in [4.69, 9.17) is 14.5 Å². The fraction of sp³-hybridized carbons (Fsp3) is 0.194.